The highest BCUT2D eigenvalue weighted by Crippen LogP contribution is 2.12. The number of morpholine rings is 1. The molecule has 116 valence electrons. The van der Waals surface area contributed by atoms with Crippen LogP contribution < -0.4 is 5.73 Å². The molecule has 0 aromatic heterocycles. The minimum absolute atomic E-state index is 0.430. The van der Waals surface area contributed by atoms with Crippen LogP contribution in [0.1, 0.15) is 39.5 Å². The first-order valence-corrected chi connectivity index (χ1v) is 8.07. The quantitative estimate of drug-likeness (QED) is 0.626. The summed E-state index contributed by atoms with van der Waals surface area (Å²) >= 11 is 0. The molecule has 2 heterocycles. The lowest BCUT2D eigenvalue weighted by Gasteiger charge is -2.37. The summed E-state index contributed by atoms with van der Waals surface area (Å²) in [5.41, 5.74) is 6.16. The second-order valence-corrected chi connectivity index (χ2v) is 6.11. The lowest BCUT2D eigenvalue weighted by atomic mass is 10.2. The molecule has 2 aliphatic rings. The van der Waals surface area contributed by atoms with E-state index in [1.807, 2.05) is 0 Å². The van der Waals surface area contributed by atoms with Gasteiger partial charge in [0.2, 0.25) is 0 Å². The summed E-state index contributed by atoms with van der Waals surface area (Å²) < 4.78 is 5.49. The molecule has 2 N–H and O–H groups in total. The van der Waals surface area contributed by atoms with Crippen LogP contribution in [0.4, 0.5) is 0 Å². The summed E-state index contributed by atoms with van der Waals surface area (Å²) in [5.74, 6) is 0.736. The summed E-state index contributed by atoms with van der Waals surface area (Å²) in [6, 6.07) is 0.910. The Morgan fingerprint density at radius 1 is 1.25 bits per heavy atom. The molecule has 0 saturated carbocycles. The summed E-state index contributed by atoms with van der Waals surface area (Å²) in [6.07, 6.45) is 5.13. The van der Waals surface area contributed by atoms with Gasteiger partial charge in [-0.05, 0) is 26.7 Å². The van der Waals surface area contributed by atoms with Gasteiger partial charge in [-0.1, -0.05) is 12.8 Å². The second-order valence-electron chi connectivity index (χ2n) is 6.11. The van der Waals surface area contributed by atoms with E-state index < -0.39 is 0 Å². The third-order valence-corrected chi connectivity index (χ3v) is 4.43. The van der Waals surface area contributed by atoms with Crippen LogP contribution in [-0.4, -0.2) is 67.2 Å². The number of nitrogens with zero attached hydrogens (tertiary/aromatic N) is 3. The van der Waals surface area contributed by atoms with Crippen molar-refractivity contribution in [2.24, 2.45) is 10.7 Å². The van der Waals surface area contributed by atoms with Crippen LogP contribution >= 0.6 is 0 Å². The molecule has 5 heteroatoms. The molecule has 0 aliphatic carbocycles. The van der Waals surface area contributed by atoms with E-state index in [2.05, 4.69) is 28.6 Å². The Kier molecular flexibility index (Phi) is 6.10. The summed E-state index contributed by atoms with van der Waals surface area (Å²) in [5, 5.41) is 0. The Labute approximate surface area is 123 Å². The fraction of sp³-hybridized carbons (Fsp3) is 0.933. The van der Waals surface area contributed by atoms with E-state index in [0.717, 1.165) is 45.4 Å². The molecule has 0 unspecified atom stereocenters. The SMILES string of the molecule is C[C@@H]1COCCN1[C@@H](C)CN=C(N)N1CCCCCC1. The predicted molar refractivity (Wildman–Crippen MR) is 83.0 cm³/mol. The van der Waals surface area contributed by atoms with Gasteiger partial charge in [-0.2, -0.15) is 0 Å². The first-order chi connectivity index (χ1) is 9.68. The van der Waals surface area contributed by atoms with Gasteiger partial charge in [-0.3, -0.25) is 9.89 Å². The van der Waals surface area contributed by atoms with Crippen LogP contribution in [0.25, 0.3) is 0 Å². The number of likely N-dealkylation sites (tertiary alicyclic amines) is 1. The first kappa shape index (κ1) is 15.6. The molecular weight excluding hydrogens is 252 g/mol. The van der Waals surface area contributed by atoms with Gasteiger partial charge in [-0.15, -0.1) is 0 Å². The minimum Gasteiger partial charge on any atom is -0.379 e. The van der Waals surface area contributed by atoms with E-state index in [-0.39, 0.29) is 0 Å². The highest BCUT2D eigenvalue weighted by atomic mass is 16.5. The maximum atomic E-state index is 6.16. The number of rotatable bonds is 3. The number of ether oxygens (including phenoxy) is 1. The van der Waals surface area contributed by atoms with Crippen molar-refractivity contribution >= 4 is 5.96 Å². The average Bonchev–Trinajstić information content (AvgIpc) is 2.74. The standard InChI is InChI=1S/C15H30N4O/c1-13(19-9-10-20-12-14(19)2)11-17-15(16)18-7-5-3-4-6-8-18/h13-14H,3-12H2,1-2H3,(H2,16,17)/t13-,14+/m0/s1. The maximum Gasteiger partial charge on any atom is 0.191 e. The van der Waals surface area contributed by atoms with E-state index in [1.165, 1.54) is 25.7 Å². The Bertz CT molecular complexity index is 313. The normalized spacial score (nSPS) is 28.2. The van der Waals surface area contributed by atoms with Crippen molar-refractivity contribution in [2.75, 3.05) is 39.4 Å². The molecule has 2 rings (SSSR count). The number of hydrogen-bond acceptors (Lipinski definition) is 3. The van der Waals surface area contributed by atoms with E-state index in [4.69, 9.17) is 10.5 Å². The monoisotopic (exact) mass is 282 g/mol. The molecular formula is C15H30N4O. The number of nitrogens with two attached hydrogens (primary N) is 1. The highest BCUT2D eigenvalue weighted by Gasteiger charge is 2.23. The van der Waals surface area contributed by atoms with Gasteiger partial charge in [0.25, 0.3) is 0 Å². The Morgan fingerprint density at radius 3 is 2.60 bits per heavy atom. The van der Waals surface area contributed by atoms with E-state index in [9.17, 15) is 0 Å². The van der Waals surface area contributed by atoms with Crippen molar-refractivity contribution < 1.29 is 4.74 Å². The third kappa shape index (κ3) is 4.35. The summed E-state index contributed by atoms with van der Waals surface area (Å²) in [6.45, 7) is 10.0. The van der Waals surface area contributed by atoms with Gasteiger partial charge in [0.1, 0.15) is 0 Å². The van der Waals surface area contributed by atoms with Crippen LogP contribution in [0, 0.1) is 0 Å². The molecule has 0 radical (unpaired) electrons. The lowest BCUT2D eigenvalue weighted by molar-refractivity contribution is -0.0166. The largest absolute Gasteiger partial charge is 0.379 e. The van der Waals surface area contributed by atoms with Crippen LogP contribution in [0.15, 0.2) is 4.99 Å². The van der Waals surface area contributed by atoms with Crippen molar-refractivity contribution in [2.45, 2.75) is 51.6 Å². The molecule has 0 bridgehead atoms. The van der Waals surface area contributed by atoms with Crippen molar-refractivity contribution in [1.29, 1.82) is 0 Å². The van der Waals surface area contributed by atoms with E-state index in [1.54, 1.807) is 0 Å². The van der Waals surface area contributed by atoms with E-state index >= 15 is 0 Å². The zero-order valence-corrected chi connectivity index (χ0v) is 13.1. The highest BCUT2D eigenvalue weighted by molar-refractivity contribution is 5.78. The smallest absolute Gasteiger partial charge is 0.191 e. The van der Waals surface area contributed by atoms with Gasteiger partial charge in [0, 0.05) is 31.7 Å². The third-order valence-electron chi connectivity index (χ3n) is 4.43. The fourth-order valence-corrected chi connectivity index (χ4v) is 3.13. The molecule has 0 aromatic rings. The number of hydrogen-bond donors (Lipinski definition) is 1. The van der Waals surface area contributed by atoms with Gasteiger partial charge in [0.15, 0.2) is 5.96 Å². The summed E-state index contributed by atoms with van der Waals surface area (Å²) in [4.78, 5) is 9.36. The molecule has 2 fully saturated rings. The van der Waals surface area contributed by atoms with Crippen LogP contribution in [-0.2, 0) is 4.74 Å². The molecule has 0 spiro atoms. The molecule has 5 nitrogen and oxygen atoms in total. The van der Waals surface area contributed by atoms with Crippen molar-refractivity contribution in [3.63, 3.8) is 0 Å². The van der Waals surface area contributed by atoms with Crippen LogP contribution in [0.2, 0.25) is 0 Å². The Morgan fingerprint density at radius 2 is 1.95 bits per heavy atom. The molecule has 2 saturated heterocycles. The molecule has 2 aliphatic heterocycles. The summed E-state index contributed by atoms with van der Waals surface area (Å²) in [7, 11) is 0. The zero-order valence-electron chi connectivity index (χ0n) is 13.1. The van der Waals surface area contributed by atoms with Gasteiger partial charge in [0.05, 0.1) is 19.8 Å². The van der Waals surface area contributed by atoms with Crippen molar-refractivity contribution in [1.82, 2.24) is 9.80 Å². The van der Waals surface area contributed by atoms with E-state index in [0.29, 0.717) is 12.1 Å². The van der Waals surface area contributed by atoms with Crippen molar-refractivity contribution in [3.8, 4) is 0 Å². The predicted octanol–water partition coefficient (Wildman–Crippen LogP) is 1.29. The van der Waals surface area contributed by atoms with Crippen LogP contribution in [0.5, 0.6) is 0 Å². The van der Waals surface area contributed by atoms with Crippen LogP contribution in [0.3, 0.4) is 0 Å². The Balaban J connectivity index is 1.83. The second kappa shape index (κ2) is 7.84. The van der Waals surface area contributed by atoms with Gasteiger partial charge in [-0.25, -0.2) is 0 Å². The van der Waals surface area contributed by atoms with Gasteiger partial charge < -0.3 is 15.4 Å². The lowest BCUT2D eigenvalue weighted by Crippen LogP contribution is -2.49. The number of aliphatic imine (C=N–C) groups is 1. The fourth-order valence-electron chi connectivity index (χ4n) is 3.13. The molecule has 0 amide bonds. The minimum atomic E-state index is 0.430. The molecule has 20 heavy (non-hydrogen) atoms. The van der Waals surface area contributed by atoms with Gasteiger partial charge >= 0.3 is 0 Å². The Hall–Kier alpha value is -0.810. The number of guanidine groups is 1. The molecule has 2 atom stereocenters. The topological polar surface area (TPSA) is 54.1 Å². The van der Waals surface area contributed by atoms with Crippen molar-refractivity contribution in [3.05, 3.63) is 0 Å². The zero-order chi connectivity index (χ0) is 14.4. The average molecular weight is 282 g/mol. The maximum absolute atomic E-state index is 6.16. The first-order valence-electron chi connectivity index (χ1n) is 8.07. The molecule has 0 aromatic carbocycles.